The summed E-state index contributed by atoms with van der Waals surface area (Å²) < 4.78 is 43.6. The van der Waals surface area contributed by atoms with E-state index in [1.165, 1.54) is 17.4 Å². The number of hydrogen-bond acceptors (Lipinski definition) is 6. The molecule has 1 saturated heterocycles. The average molecular weight is 409 g/mol. The zero-order chi connectivity index (χ0) is 19.7. The van der Waals surface area contributed by atoms with Gasteiger partial charge in [0, 0.05) is 36.8 Å². The third kappa shape index (κ3) is 4.14. The molecular formula is C19H18F3N3O2S. The molecule has 2 aromatic heterocycles. The lowest BCUT2D eigenvalue weighted by Gasteiger charge is -2.24. The van der Waals surface area contributed by atoms with Crippen molar-refractivity contribution in [3.8, 4) is 11.8 Å². The highest BCUT2D eigenvalue weighted by atomic mass is 32.1. The number of pyridine rings is 1. The first-order valence-electron chi connectivity index (χ1n) is 8.86. The molecule has 1 fully saturated rings. The summed E-state index contributed by atoms with van der Waals surface area (Å²) in [5, 5.41) is 12.0. The molecule has 0 aromatic carbocycles. The van der Waals surface area contributed by atoms with Crippen molar-refractivity contribution in [3.05, 3.63) is 58.2 Å². The number of ether oxygens (including phenoxy) is 1. The van der Waals surface area contributed by atoms with Gasteiger partial charge in [0.2, 0.25) is 11.8 Å². The highest BCUT2D eigenvalue weighted by Crippen LogP contribution is 2.33. The van der Waals surface area contributed by atoms with Gasteiger partial charge in [-0.1, -0.05) is 12.2 Å². The van der Waals surface area contributed by atoms with Crippen molar-refractivity contribution < 1.29 is 23.0 Å². The summed E-state index contributed by atoms with van der Waals surface area (Å²) in [6.45, 7) is 1.42. The van der Waals surface area contributed by atoms with Crippen molar-refractivity contribution in [2.45, 2.75) is 31.0 Å². The number of allylic oxidation sites excluding steroid dienone is 3. The minimum Gasteiger partial charge on any atom is -0.493 e. The predicted molar refractivity (Wildman–Crippen MR) is 98.2 cm³/mol. The molecule has 1 aliphatic heterocycles. The molecule has 2 atom stereocenters. The average Bonchev–Trinajstić information content (AvgIpc) is 3.31. The number of thiazole rings is 1. The van der Waals surface area contributed by atoms with Crippen LogP contribution in [0.2, 0.25) is 0 Å². The molecule has 0 spiro atoms. The molecule has 28 heavy (non-hydrogen) atoms. The van der Waals surface area contributed by atoms with Gasteiger partial charge >= 0.3 is 6.18 Å². The predicted octanol–water partition coefficient (Wildman–Crippen LogP) is 4.34. The van der Waals surface area contributed by atoms with Crippen LogP contribution in [0.4, 0.5) is 13.2 Å². The maximum Gasteiger partial charge on any atom is 0.417 e. The third-order valence-corrected chi connectivity index (χ3v) is 5.70. The maximum atomic E-state index is 12.6. The molecule has 9 heteroatoms. The SMILES string of the molecule is Oc1csc(C2C=C(N3CC[C@H](Oc4ccc(C(F)(F)F)cn4)C3)C=CC2)n1. The Labute approximate surface area is 163 Å². The van der Waals surface area contributed by atoms with E-state index in [-0.39, 0.29) is 23.8 Å². The number of aromatic nitrogens is 2. The quantitative estimate of drug-likeness (QED) is 0.814. The third-order valence-electron chi connectivity index (χ3n) is 4.74. The molecule has 2 aromatic rings. The minimum atomic E-state index is -4.40. The van der Waals surface area contributed by atoms with Crippen LogP contribution in [-0.4, -0.2) is 39.2 Å². The van der Waals surface area contributed by atoms with Gasteiger partial charge in [0.1, 0.15) is 11.1 Å². The van der Waals surface area contributed by atoms with Gasteiger partial charge in [-0.3, -0.25) is 0 Å². The number of rotatable bonds is 4. The van der Waals surface area contributed by atoms with Gasteiger partial charge in [-0.2, -0.15) is 13.2 Å². The number of alkyl halides is 3. The van der Waals surface area contributed by atoms with Crippen LogP contribution in [0.25, 0.3) is 0 Å². The van der Waals surface area contributed by atoms with Crippen LogP contribution in [-0.2, 0) is 6.18 Å². The fourth-order valence-electron chi connectivity index (χ4n) is 3.34. The zero-order valence-corrected chi connectivity index (χ0v) is 15.6. The molecule has 1 unspecified atom stereocenters. The highest BCUT2D eigenvalue weighted by Gasteiger charge is 2.31. The Bertz CT molecular complexity index is 893. The fraction of sp³-hybridized carbons (Fsp3) is 0.368. The van der Waals surface area contributed by atoms with E-state index in [1.807, 2.05) is 0 Å². The van der Waals surface area contributed by atoms with Gasteiger partial charge < -0.3 is 14.7 Å². The Morgan fingerprint density at radius 3 is 2.82 bits per heavy atom. The highest BCUT2D eigenvalue weighted by molar-refractivity contribution is 7.09. The van der Waals surface area contributed by atoms with Crippen molar-refractivity contribution in [3.63, 3.8) is 0 Å². The van der Waals surface area contributed by atoms with Crippen LogP contribution in [0.3, 0.4) is 0 Å². The molecule has 148 valence electrons. The zero-order valence-electron chi connectivity index (χ0n) is 14.8. The van der Waals surface area contributed by atoms with Crippen LogP contribution in [0.5, 0.6) is 11.8 Å². The Hall–Kier alpha value is -2.55. The van der Waals surface area contributed by atoms with Crippen LogP contribution in [0.1, 0.15) is 29.3 Å². The number of likely N-dealkylation sites (tertiary alicyclic amines) is 1. The van der Waals surface area contributed by atoms with Crippen molar-refractivity contribution in [2.24, 2.45) is 0 Å². The molecule has 1 N–H and O–H groups in total. The summed E-state index contributed by atoms with van der Waals surface area (Å²) in [5.74, 6) is 0.370. The smallest absolute Gasteiger partial charge is 0.417 e. The van der Waals surface area contributed by atoms with E-state index in [1.54, 1.807) is 5.38 Å². The number of hydrogen-bond donors (Lipinski definition) is 1. The number of aromatic hydroxyl groups is 1. The van der Waals surface area contributed by atoms with E-state index in [9.17, 15) is 18.3 Å². The van der Waals surface area contributed by atoms with Crippen LogP contribution >= 0.6 is 11.3 Å². The Kier molecular flexibility index (Phi) is 5.01. The molecule has 5 nitrogen and oxygen atoms in total. The Morgan fingerprint density at radius 1 is 1.29 bits per heavy atom. The van der Waals surface area contributed by atoms with Crippen molar-refractivity contribution >= 4 is 11.3 Å². The standard InChI is InChI=1S/C19H18F3N3O2S/c20-19(21,22)13-4-5-17(23-9-13)27-15-6-7-25(10-15)14-3-1-2-12(8-14)18-24-16(26)11-28-18/h1,3-5,8-9,11-12,15,26H,2,6-7,10H2/t12?,15-/m0/s1. The van der Waals surface area contributed by atoms with E-state index < -0.39 is 11.7 Å². The van der Waals surface area contributed by atoms with Gasteiger partial charge in [0.25, 0.3) is 0 Å². The van der Waals surface area contributed by atoms with E-state index in [0.717, 1.165) is 42.4 Å². The molecule has 2 aliphatic rings. The molecule has 3 heterocycles. The first-order valence-corrected chi connectivity index (χ1v) is 9.74. The first-order chi connectivity index (χ1) is 13.4. The largest absolute Gasteiger partial charge is 0.493 e. The van der Waals surface area contributed by atoms with Crippen molar-refractivity contribution in [1.29, 1.82) is 0 Å². The Morgan fingerprint density at radius 2 is 2.14 bits per heavy atom. The minimum absolute atomic E-state index is 0.0446. The monoisotopic (exact) mass is 409 g/mol. The molecule has 0 radical (unpaired) electrons. The summed E-state index contributed by atoms with van der Waals surface area (Å²) in [4.78, 5) is 10.1. The molecule has 0 saturated carbocycles. The molecule has 4 rings (SSSR count). The second-order valence-corrected chi connectivity index (χ2v) is 7.63. The fourth-order valence-corrected chi connectivity index (χ4v) is 4.11. The first kappa shape index (κ1) is 18.8. The van der Waals surface area contributed by atoms with Crippen LogP contribution in [0.15, 0.2) is 47.6 Å². The molecule has 0 amide bonds. The molecule has 1 aliphatic carbocycles. The second-order valence-electron chi connectivity index (χ2n) is 6.74. The molecule has 0 bridgehead atoms. The number of halogens is 3. The topological polar surface area (TPSA) is 58.5 Å². The second kappa shape index (κ2) is 7.46. The number of nitrogens with zero attached hydrogens (tertiary/aromatic N) is 3. The van der Waals surface area contributed by atoms with Crippen LogP contribution in [0, 0.1) is 0 Å². The lowest BCUT2D eigenvalue weighted by atomic mass is 9.99. The lowest BCUT2D eigenvalue weighted by Crippen LogP contribution is -2.25. The molecular weight excluding hydrogens is 391 g/mol. The van der Waals surface area contributed by atoms with Crippen molar-refractivity contribution in [2.75, 3.05) is 13.1 Å². The normalized spacial score (nSPS) is 22.4. The summed E-state index contributed by atoms with van der Waals surface area (Å²) in [7, 11) is 0. The Balaban J connectivity index is 1.38. The van der Waals surface area contributed by atoms with E-state index >= 15 is 0 Å². The van der Waals surface area contributed by atoms with Gasteiger partial charge in [-0.15, -0.1) is 11.3 Å². The lowest BCUT2D eigenvalue weighted by molar-refractivity contribution is -0.137. The van der Waals surface area contributed by atoms with Gasteiger partial charge in [-0.25, -0.2) is 9.97 Å². The van der Waals surface area contributed by atoms with Gasteiger partial charge in [0.15, 0.2) is 0 Å². The van der Waals surface area contributed by atoms with E-state index in [2.05, 4.69) is 33.1 Å². The summed E-state index contributed by atoms with van der Waals surface area (Å²) in [6, 6.07) is 2.24. The summed E-state index contributed by atoms with van der Waals surface area (Å²) in [5.41, 5.74) is 0.280. The van der Waals surface area contributed by atoms with Crippen molar-refractivity contribution in [1.82, 2.24) is 14.9 Å². The summed E-state index contributed by atoms with van der Waals surface area (Å²) in [6.07, 6.45) is 4.13. The van der Waals surface area contributed by atoms with Gasteiger partial charge in [0.05, 0.1) is 17.5 Å². The van der Waals surface area contributed by atoms with Crippen LogP contribution < -0.4 is 4.74 Å². The maximum absolute atomic E-state index is 12.6. The van der Waals surface area contributed by atoms with Gasteiger partial charge in [-0.05, 0) is 18.6 Å². The van der Waals surface area contributed by atoms with E-state index in [4.69, 9.17) is 4.74 Å². The summed E-state index contributed by atoms with van der Waals surface area (Å²) >= 11 is 1.43. The van der Waals surface area contributed by atoms with E-state index in [0.29, 0.717) is 6.54 Å².